The minimum absolute atomic E-state index is 0.0622. The van der Waals surface area contributed by atoms with E-state index >= 15 is 0 Å². The van der Waals surface area contributed by atoms with Gasteiger partial charge in [0.2, 0.25) is 5.79 Å². The van der Waals surface area contributed by atoms with Crippen LogP contribution in [0.4, 0.5) is 0 Å². The maximum atomic E-state index is 13.5. The molecule has 2 aliphatic rings. The molecule has 12 heteroatoms. The second-order valence-corrected chi connectivity index (χ2v) is 23.2. The summed E-state index contributed by atoms with van der Waals surface area (Å²) in [5.74, 6) is -2.20. The van der Waals surface area contributed by atoms with Crippen LogP contribution in [0.1, 0.15) is 47.0 Å². The summed E-state index contributed by atoms with van der Waals surface area (Å²) in [7, 11) is -0.996. The van der Waals surface area contributed by atoms with Gasteiger partial charge in [0.1, 0.15) is 6.10 Å². The Morgan fingerprint density at radius 1 is 1.15 bits per heavy atom. The van der Waals surface area contributed by atoms with Crippen LogP contribution in [0.15, 0.2) is 12.2 Å². The molecule has 2 saturated heterocycles. The number of aliphatic hydroxyl groups is 2. The van der Waals surface area contributed by atoms with Crippen molar-refractivity contribution in [2.24, 2.45) is 11.3 Å². The van der Waals surface area contributed by atoms with Gasteiger partial charge in [-0.05, 0) is 46.2 Å². The van der Waals surface area contributed by atoms with Crippen molar-refractivity contribution in [3.8, 4) is 0 Å². The molecule has 0 aromatic carbocycles. The van der Waals surface area contributed by atoms with Gasteiger partial charge in [-0.2, -0.15) is 0 Å². The fraction of sp³-hybridized carbons (Fsp3) is 0.897. The second-order valence-electron chi connectivity index (χ2n) is 14.2. The lowest BCUT2D eigenvalue weighted by molar-refractivity contribution is -0.298. The molecule has 3 N–H and O–H groups in total. The van der Waals surface area contributed by atoms with E-state index in [0.717, 1.165) is 5.57 Å². The molecule has 9 atom stereocenters. The summed E-state index contributed by atoms with van der Waals surface area (Å²) in [6.07, 6.45) is -3.22. The molecule has 1 amide bonds. The number of rotatable bonds is 13. The zero-order valence-corrected chi connectivity index (χ0v) is 29.4. The van der Waals surface area contributed by atoms with Gasteiger partial charge in [0.25, 0.3) is 5.91 Å². The van der Waals surface area contributed by atoms with Gasteiger partial charge in [0.15, 0.2) is 29.0 Å². The number of hydrogen-bond acceptors (Lipinski definition) is 9. The molecule has 0 bridgehead atoms. The molecule has 10 nitrogen and oxygen atoms in total. The first kappa shape index (κ1) is 36.5. The van der Waals surface area contributed by atoms with E-state index in [9.17, 15) is 15.0 Å². The zero-order valence-electron chi connectivity index (χ0n) is 27.4. The van der Waals surface area contributed by atoms with E-state index in [1.165, 1.54) is 14.2 Å². The maximum absolute atomic E-state index is 13.5. The number of amides is 1. The van der Waals surface area contributed by atoms with Crippen molar-refractivity contribution < 1.29 is 42.8 Å². The molecule has 0 saturated carbocycles. The number of ether oxygens (including phenoxy) is 4. The molecule has 2 aliphatic heterocycles. The van der Waals surface area contributed by atoms with E-state index in [2.05, 4.69) is 65.0 Å². The number of hydrogen-bond donors (Lipinski definition) is 3. The van der Waals surface area contributed by atoms with Crippen LogP contribution in [0, 0.1) is 11.3 Å². The van der Waals surface area contributed by atoms with Gasteiger partial charge in [0.05, 0.1) is 31.0 Å². The molecular formula is C29H57NO9Si2. The molecule has 2 fully saturated rings. The van der Waals surface area contributed by atoms with Crippen LogP contribution in [0.25, 0.3) is 0 Å². The Hall–Kier alpha value is -0.676. The van der Waals surface area contributed by atoms with Gasteiger partial charge in [-0.15, -0.1) is 0 Å². The van der Waals surface area contributed by atoms with E-state index < -0.39 is 58.3 Å². The van der Waals surface area contributed by atoms with Gasteiger partial charge in [-0.1, -0.05) is 32.9 Å². The second kappa shape index (κ2) is 14.0. The molecule has 41 heavy (non-hydrogen) atoms. The first-order valence-electron chi connectivity index (χ1n) is 14.7. The van der Waals surface area contributed by atoms with Gasteiger partial charge in [-0.25, -0.2) is 0 Å². The highest BCUT2D eigenvalue weighted by Gasteiger charge is 2.52. The van der Waals surface area contributed by atoms with E-state index in [4.69, 9.17) is 27.8 Å². The van der Waals surface area contributed by atoms with Crippen molar-refractivity contribution in [1.82, 2.24) is 5.32 Å². The Kier molecular flexibility index (Phi) is 12.4. The van der Waals surface area contributed by atoms with Crippen LogP contribution >= 0.6 is 0 Å². The zero-order chi connectivity index (χ0) is 31.6. The Labute approximate surface area is 249 Å². The third-order valence-corrected chi connectivity index (χ3v) is 10.3. The van der Waals surface area contributed by atoms with Crippen molar-refractivity contribution in [3.05, 3.63) is 12.2 Å². The first-order chi connectivity index (χ1) is 18.7. The molecule has 240 valence electrons. The monoisotopic (exact) mass is 619 g/mol. The molecular weight excluding hydrogens is 562 g/mol. The predicted octanol–water partition coefficient (Wildman–Crippen LogP) is 3.79. The average Bonchev–Trinajstić information content (AvgIpc) is 2.85. The Balaban J connectivity index is 2.32. The Bertz CT molecular complexity index is 890. The van der Waals surface area contributed by atoms with E-state index in [1.54, 1.807) is 0 Å². The first-order valence-corrected chi connectivity index (χ1v) is 21.5. The van der Waals surface area contributed by atoms with Gasteiger partial charge in [0, 0.05) is 44.8 Å². The summed E-state index contributed by atoms with van der Waals surface area (Å²) in [4.78, 5) is 13.5. The van der Waals surface area contributed by atoms with Crippen molar-refractivity contribution in [1.29, 1.82) is 0 Å². The van der Waals surface area contributed by atoms with Crippen LogP contribution in [0.5, 0.6) is 0 Å². The minimum Gasteiger partial charge on any atom is -0.414 e. The predicted molar refractivity (Wildman–Crippen MR) is 163 cm³/mol. The molecule has 0 radical (unpaired) electrons. The third-order valence-electron chi connectivity index (χ3n) is 8.24. The molecule has 0 spiro atoms. The standard InChI is InChI=1S/C29H57NO9Si2/c1-18-16-29(35-7,37-20(3)19(18)2)25(32)26(33)30-27(34-6)22-15-24(39-41(11,12)13)28(4,5)23(36-22)14-21(17-31)38-40(8,9)10/h19-25,27,31-32H,1,14-17H2,2-13H3,(H,30,33)/t19-,20-,21+,22?,23-,24?,25-,27+,29-/m1/s1. The number of aliphatic hydroxyl groups excluding tert-OH is 2. The molecule has 0 aromatic rings. The lowest BCUT2D eigenvalue weighted by atomic mass is 9.74. The summed E-state index contributed by atoms with van der Waals surface area (Å²) < 4.78 is 37.0. The molecule has 2 rings (SSSR count). The van der Waals surface area contributed by atoms with Crippen molar-refractivity contribution in [2.45, 2.75) is 135 Å². The largest absolute Gasteiger partial charge is 0.414 e. The number of carbonyl (C=O) groups excluding carboxylic acids is 1. The van der Waals surface area contributed by atoms with Gasteiger partial charge >= 0.3 is 0 Å². The number of carbonyl (C=O) groups is 1. The lowest BCUT2D eigenvalue weighted by Gasteiger charge is -2.51. The van der Waals surface area contributed by atoms with Crippen molar-refractivity contribution in [2.75, 3.05) is 20.8 Å². The van der Waals surface area contributed by atoms with Crippen LogP contribution in [-0.4, -0.2) is 102 Å². The molecule has 2 unspecified atom stereocenters. The summed E-state index contributed by atoms with van der Waals surface area (Å²) in [6.45, 7) is 24.8. The Morgan fingerprint density at radius 3 is 2.22 bits per heavy atom. The smallest absolute Gasteiger partial charge is 0.256 e. The number of methoxy groups -OCH3 is 2. The highest BCUT2D eigenvalue weighted by molar-refractivity contribution is 6.70. The van der Waals surface area contributed by atoms with E-state index in [-0.39, 0.29) is 37.3 Å². The van der Waals surface area contributed by atoms with E-state index in [0.29, 0.717) is 12.8 Å². The summed E-state index contributed by atoms with van der Waals surface area (Å²) in [6, 6.07) is 0. The molecule has 2 heterocycles. The summed E-state index contributed by atoms with van der Waals surface area (Å²) >= 11 is 0. The molecule has 0 aliphatic carbocycles. The maximum Gasteiger partial charge on any atom is 0.256 e. The van der Waals surface area contributed by atoms with Crippen LogP contribution in [0.3, 0.4) is 0 Å². The SMILES string of the molecule is C=C1C[C@](OC)([C@H](O)C(=O)N[C@@H](OC)C2CC(O[Si](C)(C)C)C(C)(C)[C@@H](C[C@@H](CO)O[Si](C)(C)C)O2)O[C@H](C)[C@@H]1C. The molecule has 0 aromatic heterocycles. The topological polar surface area (TPSA) is 125 Å². The summed E-state index contributed by atoms with van der Waals surface area (Å²) in [5.41, 5.74) is 0.435. The van der Waals surface area contributed by atoms with Gasteiger partial charge in [-0.3, -0.25) is 4.79 Å². The Morgan fingerprint density at radius 2 is 1.76 bits per heavy atom. The van der Waals surface area contributed by atoms with Crippen molar-refractivity contribution in [3.63, 3.8) is 0 Å². The van der Waals surface area contributed by atoms with Crippen molar-refractivity contribution >= 4 is 22.5 Å². The van der Waals surface area contributed by atoms with Crippen LogP contribution in [-0.2, 0) is 32.6 Å². The van der Waals surface area contributed by atoms with Gasteiger partial charge < -0.3 is 43.3 Å². The van der Waals surface area contributed by atoms with Crippen LogP contribution in [0.2, 0.25) is 39.3 Å². The fourth-order valence-corrected chi connectivity index (χ4v) is 8.05. The highest BCUT2D eigenvalue weighted by Crippen LogP contribution is 2.43. The van der Waals surface area contributed by atoms with Crippen LogP contribution < -0.4 is 5.32 Å². The van der Waals surface area contributed by atoms with E-state index in [1.807, 2.05) is 13.8 Å². The number of nitrogens with one attached hydrogen (secondary N) is 1. The third kappa shape index (κ3) is 9.40. The quantitative estimate of drug-likeness (QED) is 0.160. The minimum atomic E-state index is -1.97. The fourth-order valence-electron chi connectivity index (χ4n) is 5.63. The lowest BCUT2D eigenvalue weighted by Crippen LogP contribution is -2.63. The highest BCUT2D eigenvalue weighted by atomic mass is 28.4. The average molecular weight is 620 g/mol. The normalized spacial score (nSPS) is 33.2. The summed E-state index contributed by atoms with van der Waals surface area (Å²) in [5, 5.41) is 24.2.